The van der Waals surface area contributed by atoms with E-state index in [9.17, 15) is 0 Å². The highest BCUT2D eigenvalue weighted by atomic mass is 14.7. The lowest BCUT2D eigenvalue weighted by atomic mass is 10.0. The Hall–Kier alpha value is -0.530. The minimum Gasteiger partial charge on any atom is -0.388 e. The van der Waals surface area contributed by atoms with Crippen LogP contribution < -0.4 is 5.73 Å². The second-order valence-electron chi connectivity index (χ2n) is 2.98. The maximum Gasteiger partial charge on any atom is 0.0907 e. The molecule has 2 heteroatoms. The number of unbranched alkanes of at least 4 members (excludes halogenated alkanes) is 1. The van der Waals surface area contributed by atoms with Gasteiger partial charge in [-0.1, -0.05) is 33.1 Å². The molecule has 0 aromatic carbocycles. The van der Waals surface area contributed by atoms with Crippen molar-refractivity contribution in [3.8, 4) is 0 Å². The lowest BCUT2D eigenvalue weighted by Gasteiger charge is -2.07. The summed E-state index contributed by atoms with van der Waals surface area (Å²) < 4.78 is 0. The Labute approximate surface area is 63.3 Å². The van der Waals surface area contributed by atoms with E-state index in [1.165, 1.54) is 19.3 Å². The third-order valence-electron chi connectivity index (χ3n) is 1.62. The molecule has 0 aliphatic rings. The molecule has 10 heavy (non-hydrogen) atoms. The monoisotopic (exact) mass is 142 g/mol. The van der Waals surface area contributed by atoms with Crippen LogP contribution in [0, 0.1) is 11.3 Å². The maximum atomic E-state index is 7.04. The molecule has 0 bridgehead atoms. The zero-order chi connectivity index (χ0) is 7.98. The summed E-state index contributed by atoms with van der Waals surface area (Å²) in [6, 6.07) is 0. The fourth-order valence-corrected chi connectivity index (χ4v) is 1.03. The van der Waals surface area contributed by atoms with E-state index in [1.54, 1.807) is 0 Å². The summed E-state index contributed by atoms with van der Waals surface area (Å²) in [5.41, 5.74) is 5.25. The molecule has 0 saturated carbocycles. The molecule has 0 saturated heterocycles. The van der Waals surface area contributed by atoms with Gasteiger partial charge in [0.15, 0.2) is 0 Å². The molecule has 2 nitrogen and oxygen atoms in total. The van der Waals surface area contributed by atoms with E-state index < -0.39 is 0 Å². The summed E-state index contributed by atoms with van der Waals surface area (Å²) in [4.78, 5) is 0. The standard InChI is InChI=1S/C8H18N2/c1-3-4-5-7(2)6-8(9)10/h7H,3-6H2,1-2H3,(H3,9,10). The average molecular weight is 142 g/mol. The number of nitrogens with one attached hydrogen (secondary N) is 1. The van der Waals surface area contributed by atoms with Gasteiger partial charge in [0.05, 0.1) is 5.84 Å². The Morgan fingerprint density at radius 3 is 2.60 bits per heavy atom. The van der Waals surface area contributed by atoms with Crippen LogP contribution in [0.3, 0.4) is 0 Å². The van der Waals surface area contributed by atoms with Gasteiger partial charge in [0.25, 0.3) is 0 Å². The molecular formula is C8H18N2. The van der Waals surface area contributed by atoms with E-state index in [1.807, 2.05) is 0 Å². The van der Waals surface area contributed by atoms with Crippen LogP contribution in [0.1, 0.15) is 39.5 Å². The first-order valence-electron chi connectivity index (χ1n) is 3.99. The van der Waals surface area contributed by atoms with Crippen molar-refractivity contribution < 1.29 is 0 Å². The van der Waals surface area contributed by atoms with Crippen LogP contribution in [-0.2, 0) is 0 Å². The van der Waals surface area contributed by atoms with Crippen molar-refractivity contribution >= 4 is 5.84 Å². The molecule has 0 aliphatic heterocycles. The van der Waals surface area contributed by atoms with E-state index in [-0.39, 0.29) is 0 Å². The first kappa shape index (κ1) is 9.47. The molecule has 0 radical (unpaired) electrons. The van der Waals surface area contributed by atoms with Crippen molar-refractivity contribution in [3.05, 3.63) is 0 Å². The molecule has 0 aromatic rings. The van der Waals surface area contributed by atoms with Gasteiger partial charge in [0, 0.05) is 6.42 Å². The molecule has 3 N–H and O–H groups in total. The normalized spacial score (nSPS) is 13.0. The number of rotatable bonds is 5. The quantitative estimate of drug-likeness (QED) is 0.448. The largest absolute Gasteiger partial charge is 0.388 e. The first-order chi connectivity index (χ1) is 4.66. The molecule has 0 fully saturated rings. The van der Waals surface area contributed by atoms with E-state index >= 15 is 0 Å². The predicted octanol–water partition coefficient (Wildman–Crippen LogP) is 2.14. The summed E-state index contributed by atoms with van der Waals surface area (Å²) in [7, 11) is 0. The molecule has 1 unspecified atom stereocenters. The van der Waals surface area contributed by atoms with Crippen molar-refractivity contribution in [1.82, 2.24) is 0 Å². The Bertz CT molecular complexity index is 99.4. The van der Waals surface area contributed by atoms with E-state index in [0.717, 1.165) is 6.42 Å². The molecule has 0 rings (SSSR count). The van der Waals surface area contributed by atoms with Crippen molar-refractivity contribution in [2.75, 3.05) is 0 Å². The first-order valence-corrected chi connectivity index (χ1v) is 3.99. The summed E-state index contributed by atoms with van der Waals surface area (Å²) >= 11 is 0. The smallest absolute Gasteiger partial charge is 0.0907 e. The Kier molecular flexibility index (Phi) is 4.99. The van der Waals surface area contributed by atoms with Gasteiger partial charge in [-0.25, -0.2) is 0 Å². The average Bonchev–Trinajstić information content (AvgIpc) is 1.82. The van der Waals surface area contributed by atoms with Gasteiger partial charge in [0.2, 0.25) is 0 Å². The van der Waals surface area contributed by atoms with Crippen molar-refractivity contribution in [2.45, 2.75) is 39.5 Å². The number of nitrogens with two attached hydrogens (primary N) is 1. The fraction of sp³-hybridized carbons (Fsp3) is 0.875. The summed E-state index contributed by atoms with van der Waals surface area (Å²) in [6.07, 6.45) is 4.47. The van der Waals surface area contributed by atoms with Gasteiger partial charge < -0.3 is 5.73 Å². The minimum atomic E-state index is 0.323. The van der Waals surface area contributed by atoms with E-state index in [4.69, 9.17) is 11.1 Å². The second kappa shape index (κ2) is 5.27. The maximum absolute atomic E-state index is 7.04. The Morgan fingerprint density at radius 1 is 1.60 bits per heavy atom. The van der Waals surface area contributed by atoms with Gasteiger partial charge in [-0.2, -0.15) is 0 Å². The third-order valence-corrected chi connectivity index (χ3v) is 1.62. The SMILES string of the molecule is CCCCC(C)CC(=N)N. The Morgan fingerprint density at radius 2 is 2.20 bits per heavy atom. The molecule has 0 aliphatic carbocycles. The highest BCUT2D eigenvalue weighted by molar-refractivity contribution is 5.76. The van der Waals surface area contributed by atoms with E-state index in [2.05, 4.69) is 13.8 Å². The Balaban J connectivity index is 3.25. The van der Waals surface area contributed by atoms with Crippen LogP contribution in [0.2, 0.25) is 0 Å². The zero-order valence-corrected chi connectivity index (χ0v) is 6.98. The highest BCUT2D eigenvalue weighted by Crippen LogP contribution is 2.10. The van der Waals surface area contributed by atoms with Crippen LogP contribution >= 0.6 is 0 Å². The fourth-order valence-electron chi connectivity index (χ4n) is 1.03. The van der Waals surface area contributed by atoms with Gasteiger partial charge in [-0.05, 0) is 5.92 Å². The summed E-state index contributed by atoms with van der Waals surface area (Å²) in [6.45, 7) is 4.33. The number of hydrogen-bond acceptors (Lipinski definition) is 1. The van der Waals surface area contributed by atoms with Crippen LogP contribution in [0.25, 0.3) is 0 Å². The lowest BCUT2D eigenvalue weighted by Crippen LogP contribution is -2.13. The third kappa shape index (κ3) is 5.60. The highest BCUT2D eigenvalue weighted by Gasteiger charge is 2.01. The number of amidine groups is 1. The zero-order valence-electron chi connectivity index (χ0n) is 6.98. The summed E-state index contributed by atoms with van der Waals surface area (Å²) in [5, 5.41) is 7.04. The van der Waals surface area contributed by atoms with Crippen LogP contribution in [0.4, 0.5) is 0 Å². The van der Waals surface area contributed by atoms with Crippen LogP contribution in [-0.4, -0.2) is 5.84 Å². The molecule has 0 spiro atoms. The van der Waals surface area contributed by atoms with Crippen LogP contribution in [0.15, 0.2) is 0 Å². The number of hydrogen-bond donors (Lipinski definition) is 2. The van der Waals surface area contributed by atoms with Gasteiger partial charge in [0.1, 0.15) is 0 Å². The van der Waals surface area contributed by atoms with Crippen molar-refractivity contribution in [2.24, 2.45) is 11.7 Å². The topological polar surface area (TPSA) is 49.9 Å². The molecular weight excluding hydrogens is 124 g/mol. The second-order valence-corrected chi connectivity index (χ2v) is 2.98. The van der Waals surface area contributed by atoms with Crippen molar-refractivity contribution in [1.29, 1.82) is 5.41 Å². The molecule has 1 atom stereocenters. The molecule has 60 valence electrons. The summed E-state index contributed by atoms with van der Waals surface area (Å²) in [5.74, 6) is 0.918. The predicted molar refractivity (Wildman–Crippen MR) is 45.2 cm³/mol. The van der Waals surface area contributed by atoms with Gasteiger partial charge >= 0.3 is 0 Å². The van der Waals surface area contributed by atoms with E-state index in [0.29, 0.717) is 11.8 Å². The van der Waals surface area contributed by atoms with Crippen LogP contribution in [0.5, 0.6) is 0 Å². The molecule has 0 aromatic heterocycles. The molecule has 0 amide bonds. The van der Waals surface area contributed by atoms with Gasteiger partial charge in [-0.15, -0.1) is 0 Å². The van der Waals surface area contributed by atoms with Gasteiger partial charge in [-0.3, -0.25) is 5.41 Å². The van der Waals surface area contributed by atoms with Crippen molar-refractivity contribution in [3.63, 3.8) is 0 Å². The molecule has 0 heterocycles. The lowest BCUT2D eigenvalue weighted by molar-refractivity contribution is 0.521. The minimum absolute atomic E-state index is 0.323.